The van der Waals surface area contributed by atoms with Gasteiger partial charge in [0.25, 0.3) is 0 Å². The quantitative estimate of drug-likeness (QED) is 0.691. The van der Waals surface area contributed by atoms with Crippen molar-refractivity contribution in [1.29, 1.82) is 0 Å². The molecule has 90 valence electrons. The minimum absolute atomic E-state index is 0.515. The van der Waals surface area contributed by atoms with Crippen LogP contribution in [0.1, 0.15) is 38.4 Å². The number of aromatic nitrogens is 3. The van der Waals surface area contributed by atoms with Crippen LogP contribution in [0.25, 0.3) is 0 Å². The predicted molar refractivity (Wildman–Crippen MR) is 62.9 cm³/mol. The molecular weight excluding hydrogens is 202 g/mol. The minimum atomic E-state index is 0.515. The highest BCUT2D eigenvalue weighted by Crippen LogP contribution is 2.11. The van der Waals surface area contributed by atoms with Gasteiger partial charge in [-0.15, -0.1) is 0 Å². The van der Waals surface area contributed by atoms with Crippen LogP contribution in [0.15, 0.2) is 6.33 Å². The van der Waals surface area contributed by atoms with E-state index < -0.39 is 0 Å². The van der Waals surface area contributed by atoms with Gasteiger partial charge < -0.3 is 10.6 Å². The number of rotatable bonds is 5. The molecule has 1 aliphatic heterocycles. The lowest BCUT2D eigenvalue weighted by Gasteiger charge is -2.26. The van der Waals surface area contributed by atoms with Crippen molar-refractivity contribution in [3.05, 3.63) is 12.2 Å². The Hall–Kier alpha value is -0.940. The average Bonchev–Trinajstić information content (AvgIpc) is 2.81. The van der Waals surface area contributed by atoms with Crippen LogP contribution >= 0.6 is 0 Å². The first-order valence-electron chi connectivity index (χ1n) is 6.15. The van der Waals surface area contributed by atoms with Crippen LogP contribution in [0.2, 0.25) is 0 Å². The third kappa shape index (κ3) is 3.57. The van der Waals surface area contributed by atoms with E-state index in [-0.39, 0.29) is 0 Å². The van der Waals surface area contributed by atoms with Crippen LogP contribution in [0, 0.1) is 0 Å². The molecule has 1 aliphatic rings. The number of aromatic amines is 1. The molecule has 2 atom stereocenters. The number of nitrogens with zero attached hydrogens (tertiary/aromatic N) is 2. The Bertz CT molecular complexity index is 279. The predicted octanol–water partition coefficient (Wildman–Crippen LogP) is 0.815. The van der Waals surface area contributed by atoms with E-state index in [0.29, 0.717) is 12.1 Å². The van der Waals surface area contributed by atoms with E-state index >= 15 is 0 Å². The molecule has 0 amide bonds. The third-order valence-corrected chi connectivity index (χ3v) is 3.13. The molecule has 0 saturated carbocycles. The maximum Gasteiger partial charge on any atom is 0.138 e. The molecule has 2 rings (SSSR count). The van der Waals surface area contributed by atoms with Gasteiger partial charge in [0.1, 0.15) is 12.2 Å². The lowest BCUT2D eigenvalue weighted by Crippen LogP contribution is -2.39. The maximum atomic E-state index is 4.09. The van der Waals surface area contributed by atoms with Crippen molar-refractivity contribution in [2.24, 2.45) is 0 Å². The molecule has 0 aromatic carbocycles. The van der Waals surface area contributed by atoms with Crippen molar-refractivity contribution < 1.29 is 0 Å². The van der Waals surface area contributed by atoms with Crippen molar-refractivity contribution in [2.75, 3.05) is 6.54 Å². The van der Waals surface area contributed by atoms with Crippen molar-refractivity contribution in [2.45, 2.75) is 51.2 Å². The van der Waals surface area contributed by atoms with E-state index in [1.165, 1.54) is 32.2 Å². The summed E-state index contributed by atoms with van der Waals surface area (Å²) < 4.78 is 0. The Kier molecular flexibility index (Phi) is 4.30. The van der Waals surface area contributed by atoms with Crippen LogP contribution in [0.4, 0.5) is 0 Å². The van der Waals surface area contributed by atoms with Crippen LogP contribution in [0.5, 0.6) is 0 Å². The van der Waals surface area contributed by atoms with E-state index in [0.717, 1.165) is 12.4 Å². The molecule has 16 heavy (non-hydrogen) atoms. The van der Waals surface area contributed by atoms with Gasteiger partial charge in [0.2, 0.25) is 0 Å². The Labute approximate surface area is 96.4 Å². The number of nitrogens with one attached hydrogen (secondary N) is 3. The lowest BCUT2D eigenvalue weighted by atomic mass is 9.99. The zero-order valence-electron chi connectivity index (χ0n) is 9.87. The number of piperidine rings is 1. The van der Waals surface area contributed by atoms with Crippen molar-refractivity contribution >= 4 is 0 Å². The molecule has 3 N–H and O–H groups in total. The molecule has 0 radical (unpaired) electrons. The van der Waals surface area contributed by atoms with Crippen LogP contribution < -0.4 is 10.6 Å². The van der Waals surface area contributed by atoms with Gasteiger partial charge in [-0.3, -0.25) is 5.10 Å². The first-order valence-corrected chi connectivity index (χ1v) is 6.15. The fourth-order valence-corrected chi connectivity index (χ4v) is 2.22. The highest BCUT2D eigenvalue weighted by Gasteiger charge is 2.15. The molecule has 0 aliphatic carbocycles. The highest BCUT2D eigenvalue weighted by atomic mass is 15.2. The van der Waals surface area contributed by atoms with Crippen molar-refractivity contribution in [3.8, 4) is 0 Å². The smallest absolute Gasteiger partial charge is 0.138 e. The molecule has 5 nitrogen and oxygen atoms in total. The summed E-state index contributed by atoms with van der Waals surface area (Å²) in [5.74, 6) is 0.906. The summed E-state index contributed by atoms with van der Waals surface area (Å²) in [6.45, 7) is 4.18. The van der Waals surface area contributed by atoms with Crippen LogP contribution in [-0.4, -0.2) is 33.8 Å². The fourth-order valence-electron chi connectivity index (χ4n) is 2.22. The average molecular weight is 223 g/mol. The minimum Gasteiger partial charge on any atom is -0.314 e. The molecule has 1 aromatic heterocycles. The van der Waals surface area contributed by atoms with Gasteiger partial charge in [-0.2, -0.15) is 5.10 Å². The van der Waals surface area contributed by atoms with E-state index in [4.69, 9.17) is 0 Å². The number of hydrogen-bond acceptors (Lipinski definition) is 4. The molecular formula is C11H21N5. The van der Waals surface area contributed by atoms with E-state index in [1.54, 1.807) is 6.33 Å². The van der Waals surface area contributed by atoms with E-state index in [1.807, 2.05) is 0 Å². The van der Waals surface area contributed by atoms with Gasteiger partial charge in [-0.25, -0.2) is 4.98 Å². The molecule has 5 heteroatoms. The summed E-state index contributed by atoms with van der Waals surface area (Å²) in [6, 6.07) is 1.20. The highest BCUT2D eigenvalue weighted by molar-refractivity contribution is 4.82. The molecule has 2 unspecified atom stereocenters. The second kappa shape index (κ2) is 5.96. The van der Waals surface area contributed by atoms with E-state index in [9.17, 15) is 0 Å². The normalized spacial score (nSPS) is 23.2. The number of H-pyrrole nitrogens is 1. The van der Waals surface area contributed by atoms with E-state index in [2.05, 4.69) is 32.7 Å². The molecule has 1 aromatic rings. The van der Waals surface area contributed by atoms with Crippen LogP contribution in [-0.2, 0) is 6.54 Å². The van der Waals surface area contributed by atoms with Gasteiger partial charge in [-0.05, 0) is 32.7 Å². The Morgan fingerprint density at radius 3 is 3.19 bits per heavy atom. The fraction of sp³-hybridized carbons (Fsp3) is 0.818. The lowest BCUT2D eigenvalue weighted by molar-refractivity contribution is 0.343. The van der Waals surface area contributed by atoms with Gasteiger partial charge in [-0.1, -0.05) is 6.42 Å². The molecule has 0 bridgehead atoms. The SMILES string of the molecule is CC(CC1CCCCN1)NCc1ncn[nH]1. The summed E-state index contributed by atoms with van der Waals surface area (Å²) in [5, 5.41) is 13.7. The first kappa shape index (κ1) is 11.5. The third-order valence-electron chi connectivity index (χ3n) is 3.13. The zero-order valence-corrected chi connectivity index (χ0v) is 9.87. The summed E-state index contributed by atoms with van der Waals surface area (Å²) in [6.07, 6.45) is 6.75. The van der Waals surface area contributed by atoms with Gasteiger partial charge >= 0.3 is 0 Å². The number of hydrogen-bond donors (Lipinski definition) is 3. The summed E-state index contributed by atoms with van der Waals surface area (Å²) in [4.78, 5) is 4.09. The Morgan fingerprint density at radius 2 is 2.50 bits per heavy atom. The Balaban J connectivity index is 1.65. The first-order chi connectivity index (χ1) is 7.84. The monoisotopic (exact) mass is 223 g/mol. The second-order valence-corrected chi connectivity index (χ2v) is 4.60. The molecule has 2 heterocycles. The molecule has 1 fully saturated rings. The second-order valence-electron chi connectivity index (χ2n) is 4.60. The maximum absolute atomic E-state index is 4.09. The standard InChI is InChI=1S/C11H21N5/c1-9(6-10-4-2-3-5-12-10)13-7-11-14-8-15-16-11/h8-10,12-13H,2-7H2,1H3,(H,14,15,16). The van der Waals surface area contributed by atoms with Crippen molar-refractivity contribution in [3.63, 3.8) is 0 Å². The van der Waals surface area contributed by atoms with Gasteiger partial charge in [0.15, 0.2) is 0 Å². The largest absolute Gasteiger partial charge is 0.314 e. The van der Waals surface area contributed by atoms with Crippen molar-refractivity contribution in [1.82, 2.24) is 25.8 Å². The Morgan fingerprint density at radius 1 is 1.56 bits per heavy atom. The van der Waals surface area contributed by atoms with Gasteiger partial charge in [0.05, 0.1) is 6.54 Å². The summed E-state index contributed by atoms with van der Waals surface area (Å²) >= 11 is 0. The summed E-state index contributed by atoms with van der Waals surface area (Å²) in [5.41, 5.74) is 0. The molecule has 0 spiro atoms. The topological polar surface area (TPSA) is 65.6 Å². The summed E-state index contributed by atoms with van der Waals surface area (Å²) in [7, 11) is 0. The zero-order chi connectivity index (χ0) is 11.2. The molecule has 1 saturated heterocycles. The van der Waals surface area contributed by atoms with Crippen LogP contribution in [0.3, 0.4) is 0 Å². The van der Waals surface area contributed by atoms with Gasteiger partial charge in [0, 0.05) is 12.1 Å².